The number of rotatable bonds is 3. The third-order valence-electron chi connectivity index (χ3n) is 3.48. The number of halogens is 1. The third kappa shape index (κ3) is 2.90. The van der Waals surface area contributed by atoms with E-state index >= 15 is 0 Å². The minimum Gasteiger partial charge on any atom is -0.294 e. The predicted molar refractivity (Wildman–Crippen MR) is 75.1 cm³/mol. The van der Waals surface area contributed by atoms with Gasteiger partial charge in [0.05, 0.1) is 5.56 Å². The Bertz CT molecular complexity index is 629. The van der Waals surface area contributed by atoms with Crippen LogP contribution in [0, 0.1) is 26.6 Å². The first-order valence-electron chi connectivity index (χ1n) is 6.33. The molecule has 0 saturated heterocycles. The quantitative estimate of drug-likeness (QED) is 0.753. The second kappa shape index (κ2) is 5.35. The van der Waals surface area contributed by atoms with E-state index in [0.29, 0.717) is 0 Å². The highest BCUT2D eigenvalue weighted by Crippen LogP contribution is 2.18. The highest BCUT2D eigenvalue weighted by Gasteiger charge is 2.13. The Labute approximate surface area is 113 Å². The monoisotopic (exact) mass is 256 g/mol. The molecule has 0 unspecified atom stereocenters. The number of Topliss-reactive ketones (excluding diaryl/α,β-unsaturated/α-hetero) is 1. The lowest BCUT2D eigenvalue weighted by Gasteiger charge is -2.09. The molecule has 0 radical (unpaired) electrons. The fourth-order valence-electron chi connectivity index (χ4n) is 2.17. The van der Waals surface area contributed by atoms with Gasteiger partial charge in [-0.05, 0) is 55.2 Å². The lowest BCUT2D eigenvalue weighted by molar-refractivity contribution is 0.0989. The Morgan fingerprint density at radius 3 is 2.32 bits per heavy atom. The number of aryl methyl sites for hydroxylation is 3. The molecule has 0 aliphatic carbocycles. The molecule has 0 fully saturated rings. The first kappa shape index (κ1) is 13.5. The van der Waals surface area contributed by atoms with Crippen molar-refractivity contribution in [3.63, 3.8) is 0 Å². The van der Waals surface area contributed by atoms with Crippen LogP contribution in [-0.4, -0.2) is 5.78 Å². The van der Waals surface area contributed by atoms with E-state index < -0.39 is 5.82 Å². The maximum Gasteiger partial charge on any atom is 0.170 e. The van der Waals surface area contributed by atoms with Gasteiger partial charge < -0.3 is 0 Å². The molecular weight excluding hydrogens is 239 g/mol. The van der Waals surface area contributed by atoms with E-state index in [1.807, 2.05) is 26.8 Å². The normalized spacial score (nSPS) is 10.5. The summed E-state index contributed by atoms with van der Waals surface area (Å²) in [7, 11) is 0. The molecule has 0 amide bonds. The fourth-order valence-corrected chi connectivity index (χ4v) is 2.17. The molecule has 0 atom stereocenters. The molecule has 1 nitrogen and oxygen atoms in total. The molecule has 0 aliphatic heterocycles. The number of benzene rings is 2. The molecule has 19 heavy (non-hydrogen) atoms. The van der Waals surface area contributed by atoms with Crippen molar-refractivity contribution in [3.05, 3.63) is 70.0 Å². The summed E-state index contributed by atoms with van der Waals surface area (Å²) in [5.41, 5.74) is 4.57. The van der Waals surface area contributed by atoms with Crippen LogP contribution >= 0.6 is 0 Å². The van der Waals surface area contributed by atoms with Gasteiger partial charge in [-0.3, -0.25) is 4.79 Å². The molecule has 2 aromatic rings. The van der Waals surface area contributed by atoms with Crippen molar-refractivity contribution in [2.45, 2.75) is 27.2 Å². The molecule has 0 N–H and O–H groups in total. The average molecular weight is 256 g/mol. The van der Waals surface area contributed by atoms with Crippen LogP contribution in [0.3, 0.4) is 0 Å². The van der Waals surface area contributed by atoms with E-state index in [1.54, 1.807) is 12.1 Å². The van der Waals surface area contributed by atoms with Gasteiger partial charge in [-0.2, -0.15) is 0 Å². The smallest absolute Gasteiger partial charge is 0.170 e. The molecule has 0 bridgehead atoms. The molecule has 0 heterocycles. The van der Waals surface area contributed by atoms with Gasteiger partial charge >= 0.3 is 0 Å². The van der Waals surface area contributed by atoms with Crippen molar-refractivity contribution in [2.24, 2.45) is 0 Å². The molecule has 0 spiro atoms. The summed E-state index contributed by atoms with van der Waals surface area (Å²) in [6.07, 6.45) is 0.244. The Morgan fingerprint density at radius 2 is 1.63 bits per heavy atom. The summed E-state index contributed by atoms with van der Waals surface area (Å²) in [4.78, 5) is 12.1. The SMILES string of the molecule is Cc1cc(C)c(CC(=O)c2ccccc2F)cc1C. The largest absolute Gasteiger partial charge is 0.294 e. The van der Waals surface area contributed by atoms with Gasteiger partial charge in [0.25, 0.3) is 0 Å². The van der Waals surface area contributed by atoms with Crippen LogP contribution in [0.4, 0.5) is 4.39 Å². The van der Waals surface area contributed by atoms with E-state index in [9.17, 15) is 9.18 Å². The zero-order chi connectivity index (χ0) is 14.0. The third-order valence-corrected chi connectivity index (χ3v) is 3.48. The van der Waals surface area contributed by atoms with Crippen LogP contribution in [0.1, 0.15) is 32.6 Å². The van der Waals surface area contributed by atoms with Crippen LogP contribution in [-0.2, 0) is 6.42 Å². The van der Waals surface area contributed by atoms with Gasteiger partial charge in [0.1, 0.15) is 5.82 Å². The van der Waals surface area contributed by atoms with E-state index in [1.165, 1.54) is 17.7 Å². The molecule has 0 saturated carbocycles. The number of carbonyl (C=O) groups is 1. The minimum absolute atomic E-state index is 0.167. The molecule has 2 rings (SSSR count). The number of carbonyl (C=O) groups excluding carboxylic acids is 1. The molecule has 2 aromatic carbocycles. The summed E-state index contributed by atoms with van der Waals surface area (Å²) < 4.78 is 13.6. The van der Waals surface area contributed by atoms with Crippen LogP contribution in [0.2, 0.25) is 0 Å². The van der Waals surface area contributed by atoms with Gasteiger partial charge in [-0.1, -0.05) is 24.3 Å². The van der Waals surface area contributed by atoms with Crippen molar-refractivity contribution in [1.82, 2.24) is 0 Å². The summed E-state index contributed by atoms with van der Waals surface area (Å²) in [6, 6.07) is 10.2. The second-order valence-corrected chi connectivity index (χ2v) is 4.94. The maximum absolute atomic E-state index is 13.6. The van der Waals surface area contributed by atoms with E-state index in [2.05, 4.69) is 6.07 Å². The lowest BCUT2D eigenvalue weighted by atomic mass is 9.95. The van der Waals surface area contributed by atoms with Crippen molar-refractivity contribution in [3.8, 4) is 0 Å². The van der Waals surface area contributed by atoms with E-state index in [4.69, 9.17) is 0 Å². The summed E-state index contributed by atoms with van der Waals surface area (Å²) >= 11 is 0. The van der Waals surface area contributed by atoms with Gasteiger partial charge in [0.15, 0.2) is 5.78 Å². The summed E-state index contributed by atoms with van der Waals surface area (Å²) in [5.74, 6) is -0.626. The van der Waals surface area contributed by atoms with Crippen molar-refractivity contribution in [2.75, 3.05) is 0 Å². The summed E-state index contributed by atoms with van der Waals surface area (Å²) in [6.45, 7) is 6.05. The topological polar surface area (TPSA) is 17.1 Å². The Balaban J connectivity index is 2.30. The van der Waals surface area contributed by atoms with Crippen LogP contribution in [0.5, 0.6) is 0 Å². The average Bonchev–Trinajstić information content (AvgIpc) is 2.36. The number of ketones is 1. The molecule has 0 aliphatic rings. The van der Waals surface area contributed by atoms with Gasteiger partial charge in [-0.25, -0.2) is 4.39 Å². The Morgan fingerprint density at radius 1 is 1.00 bits per heavy atom. The van der Waals surface area contributed by atoms with E-state index in [-0.39, 0.29) is 17.8 Å². The highest BCUT2D eigenvalue weighted by molar-refractivity contribution is 5.97. The zero-order valence-electron chi connectivity index (χ0n) is 11.5. The van der Waals surface area contributed by atoms with Gasteiger partial charge in [-0.15, -0.1) is 0 Å². The first-order chi connectivity index (χ1) is 8.99. The number of hydrogen-bond donors (Lipinski definition) is 0. The first-order valence-corrected chi connectivity index (χ1v) is 6.33. The summed E-state index contributed by atoms with van der Waals surface area (Å²) in [5, 5.41) is 0. The van der Waals surface area contributed by atoms with Crippen molar-refractivity contribution in [1.29, 1.82) is 0 Å². The van der Waals surface area contributed by atoms with Gasteiger partial charge in [0.2, 0.25) is 0 Å². The molecular formula is C17H17FO. The van der Waals surface area contributed by atoms with E-state index in [0.717, 1.165) is 16.7 Å². The fraction of sp³-hybridized carbons (Fsp3) is 0.235. The standard InChI is InChI=1S/C17H17FO/c1-11-8-13(3)14(9-12(11)2)10-17(19)15-6-4-5-7-16(15)18/h4-9H,10H2,1-3H3. The molecule has 2 heteroatoms. The lowest BCUT2D eigenvalue weighted by Crippen LogP contribution is -2.07. The Kier molecular flexibility index (Phi) is 3.79. The molecule has 0 aromatic heterocycles. The zero-order valence-corrected chi connectivity index (χ0v) is 11.5. The van der Waals surface area contributed by atoms with Crippen LogP contribution in [0.25, 0.3) is 0 Å². The van der Waals surface area contributed by atoms with Crippen molar-refractivity contribution < 1.29 is 9.18 Å². The maximum atomic E-state index is 13.6. The second-order valence-electron chi connectivity index (χ2n) is 4.94. The van der Waals surface area contributed by atoms with Crippen molar-refractivity contribution >= 4 is 5.78 Å². The van der Waals surface area contributed by atoms with Crippen LogP contribution in [0.15, 0.2) is 36.4 Å². The number of hydrogen-bond acceptors (Lipinski definition) is 1. The molecule has 98 valence electrons. The van der Waals surface area contributed by atoms with Gasteiger partial charge in [0, 0.05) is 6.42 Å². The van der Waals surface area contributed by atoms with Crippen LogP contribution < -0.4 is 0 Å². The Hall–Kier alpha value is -1.96. The predicted octanol–water partition coefficient (Wildman–Crippen LogP) is 4.18. The minimum atomic E-state index is -0.450. The highest BCUT2D eigenvalue weighted by atomic mass is 19.1.